The number of hydrogen-bond donors (Lipinski definition) is 2. The van der Waals surface area contributed by atoms with Gasteiger partial charge in [0.15, 0.2) is 0 Å². The first kappa shape index (κ1) is 12.4. The monoisotopic (exact) mass is 357 g/mol. The summed E-state index contributed by atoms with van der Waals surface area (Å²) in [5.41, 5.74) is 1.18. The summed E-state index contributed by atoms with van der Waals surface area (Å²) in [6.07, 6.45) is 3.08. The lowest BCUT2D eigenvalue weighted by atomic mass is 9.77. The van der Waals surface area contributed by atoms with E-state index < -0.39 is 5.97 Å². The van der Waals surface area contributed by atoms with Crippen molar-refractivity contribution < 1.29 is 9.90 Å². The normalized spacial score (nSPS) is 34.5. The van der Waals surface area contributed by atoms with Crippen LogP contribution in [0.15, 0.2) is 24.3 Å². The van der Waals surface area contributed by atoms with Crippen LogP contribution in [-0.2, 0) is 4.79 Å². The molecule has 4 atom stereocenters. The van der Waals surface area contributed by atoms with Crippen LogP contribution in [0.25, 0.3) is 0 Å². The van der Waals surface area contributed by atoms with Crippen LogP contribution in [0.5, 0.6) is 0 Å². The maximum Gasteiger partial charge on any atom is 0.308 e. The van der Waals surface area contributed by atoms with Crippen molar-refractivity contribution in [2.75, 3.05) is 0 Å². The highest BCUT2D eigenvalue weighted by Crippen LogP contribution is 2.41. The average Bonchev–Trinajstić information content (AvgIpc) is 2.71. The van der Waals surface area contributed by atoms with Crippen LogP contribution in [0.3, 0.4) is 0 Å². The lowest BCUT2D eigenvalue weighted by molar-refractivity contribution is -0.144. The first-order valence-electron chi connectivity index (χ1n) is 6.39. The van der Waals surface area contributed by atoms with Crippen molar-refractivity contribution in [3.63, 3.8) is 0 Å². The van der Waals surface area contributed by atoms with Crippen LogP contribution in [0.1, 0.15) is 30.7 Å². The molecule has 0 aromatic heterocycles. The molecule has 2 aliphatic rings. The van der Waals surface area contributed by atoms with Crippen molar-refractivity contribution in [3.8, 4) is 0 Å². The molecule has 1 aromatic carbocycles. The molecule has 0 amide bonds. The average molecular weight is 357 g/mol. The Morgan fingerprint density at radius 2 is 2.00 bits per heavy atom. The van der Waals surface area contributed by atoms with E-state index >= 15 is 0 Å². The fraction of sp³-hybridized carbons (Fsp3) is 0.500. The number of nitrogens with one attached hydrogen (secondary N) is 1. The largest absolute Gasteiger partial charge is 0.481 e. The zero-order chi connectivity index (χ0) is 12.7. The highest BCUT2D eigenvalue weighted by atomic mass is 127. The minimum atomic E-state index is -0.656. The number of halogens is 1. The molecule has 2 bridgehead atoms. The number of carboxylic acids is 1. The molecule has 2 N–H and O–H groups in total. The fourth-order valence-electron chi connectivity index (χ4n) is 3.45. The van der Waals surface area contributed by atoms with Crippen LogP contribution in [-0.4, -0.2) is 23.2 Å². The van der Waals surface area contributed by atoms with E-state index in [2.05, 4.69) is 52.2 Å². The number of piperidine rings is 1. The number of fused-ring (bicyclic) bond motifs is 2. The van der Waals surface area contributed by atoms with Crippen molar-refractivity contribution in [3.05, 3.63) is 33.4 Å². The zero-order valence-corrected chi connectivity index (χ0v) is 12.1. The molecule has 2 saturated heterocycles. The Balaban J connectivity index is 1.93. The topological polar surface area (TPSA) is 49.3 Å². The summed E-state index contributed by atoms with van der Waals surface area (Å²) in [6, 6.07) is 8.98. The van der Waals surface area contributed by atoms with Gasteiger partial charge < -0.3 is 10.4 Å². The summed E-state index contributed by atoms with van der Waals surface area (Å²) < 4.78 is 1.19. The summed E-state index contributed by atoms with van der Waals surface area (Å²) in [7, 11) is 0. The molecule has 96 valence electrons. The minimum absolute atomic E-state index is 0.158. The van der Waals surface area contributed by atoms with Crippen molar-refractivity contribution in [2.45, 2.75) is 37.3 Å². The van der Waals surface area contributed by atoms with Gasteiger partial charge in [-0.15, -0.1) is 0 Å². The third kappa shape index (κ3) is 2.16. The maximum atomic E-state index is 11.6. The molecular weight excluding hydrogens is 341 g/mol. The Bertz CT molecular complexity index is 459. The van der Waals surface area contributed by atoms with Crippen LogP contribution < -0.4 is 5.32 Å². The zero-order valence-electron chi connectivity index (χ0n) is 9.97. The second kappa shape index (κ2) is 4.81. The van der Waals surface area contributed by atoms with Gasteiger partial charge in [-0.05, 0) is 59.5 Å². The first-order chi connectivity index (χ1) is 8.65. The Morgan fingerprint density at radius 1 is 1.28 bits per heavy atom. The lowest BCUT2D eigenvalue weighted by Crippen LogP contribution is -2.47. The molecule has 2 heterocycles. The maximum absolute atomic E-state index is 11.6. The number of benzene rings is 1. The van der Waals surface area contributed by atoms with Gasteiger partial charge >= 0.3 is 5.97 Å². The van der Waals surface area contributed by atoms with E-state index in [1.165, 1.54) is 9.13 Å². The molecule has 0 radical (unpaired) electrons. The second-order valence-electron chi connectivity index (χ2n) is 5.31. The van der Waals surface area contributed by atoms with E-state index in [0.29, 0.717) is 6.04 Å². The molecule has 4 heteroatoms. The first-order valence-corrected chi connectivity index (χ1v) is 7.47. The molecule has 2 fully saturated rings. The quantitative estimate of drug-likeness (QED) is 0.800. The molecule has 1 aromatic rings. The highest BCUT2D eigenvalue weighted by molar-refractivity contribution is 14.1. The summed E-state index contributed by atoms with van der Waals surface area (Å²) >= 11 is 2.28. The van der Waals surface area contributed by atoms with Gasteiger partial charge in [-0.2, -0.15) is 0 Å². The third-order valence-corrected chi connectivity index (χ3v) is 4.98. The molecule has 18 heavy (non-hydrogen) atoms. The van der Waals surface area contributed by atoms with Crippen LogP contribution in [0.2, 0.25) is 0 Å². The molecule has 2 aliphatic heterocycles. The van der Waals surface area contributed by atoms with E-state index in [9.17, 15) is 9.90 Å². The standard InChI is InChI=1S/C14H16INO2/c15-9-3-1-8(2-4-9)11-7-10-5-6-12(16-10)13(11)14(17)18/h1-4,10-13,16H,5-7H2,(H,17,18). The minimum Gasteiger partial charge on any atom is -0.481 e. The van der Waals surface area contributed by atoms with Crippen molar-refractivity contribution in [1.29, 1.82) is 0 Å². The second-order valence-corrected chi connectivity index (χ2v) is 6.55. The van der Waals surface area contributed by atoms with E-state index in [0.717, 1.165) is 19.3 Å². The van der Waals surface area contributed by atoms with Crippen molar-refractivity contribution in [1.82, 2.24) is 5.32 Å². The SMILES string of the molecule is O=C(O)C1C2CCC(CC1c1ccc(I)cc1)N2. The van der Waals surface area contributed by atoms with E-state index in [1.54, 1.807) is 0 Å². The molecule has 4 unspecified atom stereocenters. The molecule has 0 spiro atoms. The molecule has 3 nitrogen and oxygen atoms in total. The van der Waals surface area contributed by atoms with Gasteiger partial charge in [0, 0.05) is 21.6 Å². The van der Waals surface area contributed by atoms with E-state index in [-0.39, 0.29) is 17.9 Å². The predicted molar refractivity (Wildman–Crippen MR) is 77.6 cm³/mol. The molecule has 0 saturated carbocycles. The molecule has 3 rings (SSSR count). The van der Waals surface area contributed by atoms with Gasteiger partial charge in [-0.25, -0.2) is 0 Å². The van der Waals surface area contributed by atoms with Crippen molar-refractivity contribution >= 4 is 28.6 Å². The smallest absolute Gasteiger partial charge is 0.308 e. The molecule has 0 aliphatic carbocycles. The summed E-state index contributed by atoms with van der Waals surface area (Å²) in [5, 5.41) is 13.0. The third-order valence-electron chi connectivity index (χ3n) is 4.26. The lowest BCUT2D eigenvalue weighted by Gasteiger charge is -2.35. The number of aliphatic carboxylic acids is 1. The van der Waals surface area contributed by atoms with Gasteiger partial charge in [-0.1, -0.05) is 12.1 Å². The van der Waals surface area contributed by atoms with Gasteiger partial charge in [0.05, 0.1) is 5.92 Å². The number of carbonyl (C=O) groups is 1. The summed E-state index contributed by atoms with van der Waals surface area (Å²) in [4.78, 5) is 11.6. The van der Waals surface area contributed by atoms with Gasteiger partial charge in [0.2, 0.25) is 0 Å². The fourth-order valence-corrected chi connectivity index (χ4v) is 3.81. The summed E-state index contributed by atoms with van der Waals surface area (Å²) in [6.45, 7) is 0. The Kier molecular flexibility index (Phi) is 3.32. The number of rotatable bonds is 2. The van der Waals surface area contributed by atoms with Crippen LogP contribution in [0.4, 0.5) is 0 Å². The number of hydrogen-bond acceptors (Lipinski definition) is 2. The van der Waals surface area contributed by atoms with Gasteiger partial charge in [0.25, 0.3) is 0 Å². The van der Waals surface area contributed by atoms with Crippen LogP contribution >= 0.6 is 22.6 Å². The highest BCUT2D eigenvalue weighted by Gasteiger charge is 2.45. The Labute approximate surface area is 120 Å². The van der Waals surface area contributed by atoms with Gasteiger partial charge in [-0.3, -0.25) is 4.79 Å². The van der Waals surface area contributed by atoms with Gasteiger partial charge in [0.1, 0.15) is 0 Å². The predicted octanol–water partition coefficient (Wildman–Crippen LogP) is 2.60. The molecular formula is C14H16INO2. The summed E-state index contributed by atoms with van der Waals surface area (Å²) in [5.74, 6) is -0.765. The number of carboxylic acid groups (broad SMARTS) is 1. The van der Waals surface area contributed by atoms with Crippen LogP contribution in [0, 0.1) is 9.49 Å². The van der Waals surface area contributed by atoms with E-state index in [4.69, 9.17) is 0 Å². The van der Waals surface area contributed by atoms with Crippen molar-refractivity contribution in [2.24, 2.45) is 5.92 Å². The Hall–Kier alpha value is -0.620. The Morgan fingerprint density at radius 3 is 2.67 bits per heavy atom. The van der Waals surface area contributed by atoms with E-state index in [1.807, 2.05) is 0 Å².